The number of esters is 1. The van der Waals surface area contributed by atoms with Crippen molar-refractivity contribution in [3.63, 3.8) is 0 Å². The number of carbonyl (C=O) groups excluding carboxylic acids is 2. The number of hydrogen-bond donors (Lipinski definition) is 1. The van der Waals surface area contributed by atoms with E-state index >= 15 is 0 Å². The van der Waals surface area contributed by atoms with Crippen molar-refractivity contribution in [1.82, 2.24) is 9.88 Å². The molecule has 0 saturated heterocycles. The van der Waals surface area contributed by atoms with E-state index < -0.39 is 5.97 Å². The Bertz CT molecular complexity index is 682. The fraction of sp³-hybridized carbons (Fsp3) is 0.368. The normalized spacial score (nSPS) is 10.5. The summed E-state index contributed by atoms with van der Waals surface area (Å²) in [5.41, 5.74) is 3.80. The summed E-state index contributed by atoms with van der Waals surface area (Å²) in [5, 5.41) is 2.58. The molecule has 0 saturated carbocycles. The van der Waals surface area contributed by atoms with Gasteiger partial charge < -0.3 is 14.6 Å². The number of rotatable bonds is 7. The van der Waals surface area contributed by atoms with Gasteiger partial charge in [0.25, 0.3) is 5.91 Å². The molecule has 24 heavy (non-hydrogen) atoms. The number of amides is 1. The number of hydrogen-bond acceptors (Lipinski definition) is 3. The number of aromatic nitrogens is 1. The van der Waals surface area contributed by atoms with E-state index in [1.165, 1.54) is 0 Å². The van der Waals surface area contributed by atoms with Crippen LogP contribution < -0.4 is 5.32 Å². The minimum atomic E-state index is -0.410. The van der Waals surface area contributed by atoms with Gasteiger partial charge in [-0.25, -0.2) is 0 Å². The van der Waals surface area contributed by atoms with Gasteiger partial charge in [0.2, 0.25) is 0 Å². The van der Waals surface area contributed by atoms with Crippen LogP contribution in [0.1, 0.15) is 41.5 Å². The van der Waals surface area contributed by atoms with Crippen molar-refractivity contribution in [2.45, 2.75) is 33.6 Å². The van der Waals surface area contributed by atoms with Crippen LogP contribution in [0.15, 0.2) is 36.4 Å². The number of nitrogens with one attached hydrogen (secondary N) is 1. The third-order valence-corrected chi connectivity index (χ3v) is 3.81. The number of aryl methyl sites for hydroxylation is 2. The summed E-state index contributed by atoms with van der Waals surface area (Å²) >= 11 is 0. The van der Waals surface area contributed by atoms with E-state index in [-0.39, 0.29) is 12.5 Å². The lowest BCUT2D eigenvalue weighted by molar-refractivity contribution is -0.142. The van der Waals surface area contributed by atoms with Gasteiger partial charge in [-0.1, -0.05) is 13.3 Å². The topological polar surface area (TPSA) is 60.3 Å². The Hall–Kier alpha value is -2.56. The second-order valence-corrected chi connectivity index (χ2v) is 5.76. The molecule has 128 valence electrons. The van der Waals surface area contributed by atoms with Gasteiger partial charge in [-0.05, 0) is 56.7 Å². The molecule has 1 heterocycles. The quantitative estimate of drug-likeness (QED) is 0.627. The Labute approximate surface area is 142 Å². The van der Waals surface area contributed by atoms with Gasteiger partial charge in [-0.3, -0.25) is 9.59 Å². The Kier molecular flexibility index (Phi) is 6.18. The molecule has 0 aliphatic rings. The summed E-state index contributed by atoms with van der Waals surface area (Å²) in [4.78, 5) is 23.6. The van der Waals surface area contributed by atoms with Gasteiger partial charge in [0.1, 0.15) is 6.54 Å². The average Bonchev–Trinajstić information content (AvgIpc) is 2.92. The zero-order valence-corrected chi connectivity index (χ0v) is 14.5. The van der Waals surface area contributed by atoms with Crippen molar-refractivity contribution < 1.29 is 14.3 Å². The lowest BCUT2D eigenvalue weighted by Crippen LogP contribution is -2.30. The van der Waals surface area contributed by atoms with Gasteiger partial charge in [0.15, 0.2) is 0 Å². The second kappa shape index (κ2) is 8.34. The van der Waals surface area contributed by atoms with Crippen molar-refractivity contribution in [2.75, 3.05) is 13.2 Å². The van der Waals surface area contributed by atoms with Crippen molar-refractivity contribution in [2.24, 2.45) is 0 Å². The third kappa shape index (κ3) is 4.47. The smallest absolute Gasteiger partial charge is 0.325 e. The van der Waals surface area contributed by atoms with Gasteiger partial charge in [-0.15, -0.1) is 0 Å². The van der Waals surface area contributed by atoms with Crippen LogP contribution >= 0.6 is 0 Å². The molecule has 0 spiro atoms. The fourth-order valence-corrected chi connectivity index (χ4v) is 2.47. The van der Waals surface area contributed by atoms with E-state index in [9.17, 15) is 9.59 Å². The summed E-state index contributed by atoms with van der Waals surface area (Å²) in [6.45, 7) is 6.39. The van der Waals surface area contributed by atoms with Gasteiger partial charge in [-0.2, -0.15) is 0 Å². The van der Waals surface area contributed by atoms with E-state index in [1.54, 1.807) is 12.1 Å². The summed E-state index contributed by atoms with van der Waals surface area (Å²) in [6.07, 6.45) is 1.80. The Morgan fingerprint density at radius 3 is 2.25 bits per heavy atom. The second-order valence-electron chi connectivity index (χ2n) is 5.76. The van der Waals surface area contributed by atoms with Gasteiger partial charge >= 0.3 is 5.97 Å². The molecule has 0 aliphatic carbocycles. The fourth-order valence-electron chi connectivity index (χ4n) is 2.47. The summed E-state index contributed by atoms with van der Waals surface area (Å²) in [7, 11) is 0. The molecule has 0 radical (unpaired) electrons. The van der Waals surface area contributed by atoms with Crippen LogP contribution in [-0.2, 0) is 9.53 Å². The summed E-state index contributed by atoms with van der Waals surface area (Å²) < 4.78 is 7.12. The standard InChI is InChI=1S/C19H24N2O3/c1-4-5-12-24-18(22)13-20-19(23)16-8-10-17(11-9-16)21-14(2)6-7-15(21)3/h6-11H,4-5,12-13H2,1-3H3,(H,20,23). The van der Waals surface area contributed by atoms with Crippen LogP contribution in [0.2, 0.25) is 0 Å². The lowest BCUT2D eigenvalue weighted by Gasteiger charge is -2.10. The molecule has 0 bridgehead atoms. The maximum atomic E-state index is 12.1. The predicted molar refractivity (Wildman–Crippen MR) is 93.4 cm³/mol. The first-order chi connectivity index (χ1) is 11.5. The molecule has 1 aromatic carbocycles. The van der Waals surface area contributed by atoms with E-state index in [2.05, 4.69) is 22.0 Å². The van der Waals surface area contributed by atoms with Crippen molar-refractivity contribution in [1.29, 1.82) is 0 Å². The zero-order chi connectivity index (χ0) is 17.5. The first kappa shape index (κ1) is 17.8. The van der Waals surface area contributed by atoms with Crippen LogP contribution in [0.4, 0.5) is 0 Å². The zero-order valence-electron chi connectivity index (χ0n) is 14.5. The van der Waals surface area contributed by atoms with E-state index in [0.717, 1.165) is 29.9 Å². The number of ether oxygens (including phenoxy) is 1. The van der Waals surface area contributed by atoms with Crippen LogP contribution in [0.5, 0.6) is 0 Å². The molecular formula is C19H24N2O3. The molecule has 0 fully saturated rings. The Morgan fingerprint density at radius 1 is 1.04 bits per heavy atom. The minimum Gasteiger partial charge on any atom is -0.464 e. The van der Waals surface area contributed by atoms with Crippen LogP contribution in [0, 0.1) is 13.8 Å². The van der Waals surface area contributed by atoms with Crippen LogP contribution in [0.25, 0.3) is 5.69 Å². The van der Waals surface area contributed by atoms with Crippen molar-refractivity contribution >= 4 is 11.9 Å². The minimum absolute atomic E-state index is 0.111. The first-order valence-electron chi connectivity index (χ1n) is 8.22. The molecule has 2 rings (SSSR count). The highest BCUT2D eigenvalue weighted by Crippen LogP contribution is 2.16. The molecule has 1 aromatic heterocycles. The van der Waals surface area contributed by atoms with E-state index in [4.69, 9.17) is 4.74 Å². The molecule has 5 heteroatoms. The van der Waals surface area contributed by atoms with Crippen molar-refractivity contribution in [3.05, 3.63) is 53.3 Å². The highest BCUT2D eigenvalue weighted by molar-refractivity contribution is 5.96. The van der Waals surface area contributed by atoms with Crippen molar-refractivity contribution in [3.8, 4) is 5.69 Å². The number of carbonyl (C=O) groups is 2. The molecule has 1 N–H and O–H groups in total. The van der Waals surface area contributed by atoms with Gasteiger partial charge in [0, 0.05) is 22.6 Å². The van der Waals surface area contributed by atoms with Gasteiger partial charge in [0.05, 0.1) is 6.61 Å². The summed E-state index contributed by atoms with van der Waals surface area (Å²) in [6, 6.07) is 11.4. The van der Waals surface area contributed by atoms with E-state index in [0.29, 0.717) is 12.2 Å². The predicted octanol–water partition coefficient (Wildman–Crippen LogP) is 3.17. The monoisotopic (exact) mass is 328 g/mol. The molecule has 2 aromatic rings. The maximum Gasteiger partial charge on any atom is 0.325 e. The lowest BCUT2D eigenvalue weighted by atomic mass is 10.2. The summed E-state index contributed by atoms with van der Waals surface area (Å²) in [5.74, 6) is -0.693. The number of benzene rings is 1. The largest absolute Gasteiger partial charge is 0.464 e. The molecule has 0 atom stereocenters. The molecule has 1 amide bonds. The number of nitrogens with zero attached hydrogens (tertiary/aromatic N) is 1. The van der Waals surface area contributed by atoms with E-state index in [1.807, 2.05) is 32.9 Å². The Balaban J connectivity index is 1.93. The Morgan fingerprint density at radius 2 is 1.67 bits per heavy atom. The van der Waals surface area contributed by atoms with Crippen LogP contribution in [0.3, 0.4) is 0 Å². The molecule has 0 aliphatic heterocycles. The average molecular weight is 328 g/mol. The molecular weight excluding hydrogens is 304 g/mol. The maximum absolute atomic E-state index is 12.1. The molecule has 5 nitrogen and oxygen atoms in total. The first-order valence-corrected chi connectivity index (χ1v) is 8.22. The molecule has 0 unspecified atom stereocenters. The highest BCUT2D eigenvalue weighted by Gasteiger charge is 2.10. The SMILES string of the molecule is CCCCOC(=O)CNC(=O)c1ccc(-n2c(C)ccc2C)cc1. The van der Waals surface area contributed by atoms with Crippen LogP contribution in [-0.4, -0.2) is 29.6 Å². The highest BCUT2D eigenvalue weighted by atomic mass is 16.5. The third-order valence-electron chi connectivity index (χ3n) is 3.81. The number of unbranched alkanes of at least 4 members (excludes halogenated alkanes) is 1.